The smallest absolute Gasteiger partial charge is 0.288 e. The zero-order valence-electron chi connectivity index (χ0n) is 18.4. The van der Waals surface area contributed by atoms with Gasteiger partial charge in [0, 0.05) is 18.1 Å². The van der Waals surface area contributed by atoms with Crippen molar-refractivity contribution in [3.63, 3.8) is 0 Å². The summed E-state index contributed by atoms with van der Waals surface area (Å²) in [4.78, 5) is 11.6. The van der Waals surface area contributed by atoms with Crippen LogP contribution in [0.25, 0.3) is 33.7 Å². The largest absolute Gasteiger partial charge is 0.409 e. The summed E-state index contributed by atoms with van der Waals surface area (Å²) >= 11 is 5.48. The molecule has 0 radical (unpaired) electrons. The molecular formula is C26H20N6OS. The Morgan fingerprint density at radius 1 is 1.03 bits per heavy atom. The van der Waals surface area contributed by atoms with Crippen LogP contribution in [0.15, 0.2) is 83.4 Å². The van der Waals surface area contributed by atoms with Gasteiger partial charge in [-0.1, -0.05) is 36.4 Å². The number of nitriles is 1. The minimum atomic E-state index is 0.285. The first-order valence-corrected chi connectivity index (χ1v) is 11.1. The maximum atomic E-state index is 9.13. The van der Waals surface area contributed by atoms with Crippen molar-refractivity contribution in [1.82, 2.24) is 24.6 Å². The van der Waals surface area contributed by atoms with Gasteiger partial charge in [0.05, 0.1) is 40.8 Å². The highest BCUT2D eigenvalue weighted by atomic mass is 32.1. The van der Waals surface area contributed by atoms with Gasteiger partial charge in [-0.3, -0.25) is 9.88 Å². The van der Waals surface area contributed by atoms with Crippen molar-refractivity contribution in [1.29, 1.82) is 5.26 Å². The van der Waals surface area contributed by atoms with E-state index in [9.17, 15) is 0 Å². The van der Waals surface area contributed by atoms with Gasteiger partial charge in [-0.05, 0) is 61.2 Å². The summed E-state index contributed by atoms with van der Waals surface area (Å²) in [6.07, 6.45) is 1.74. The Morgan fingerprint density at radius 2 is 1.88 bits per heavy atom. The molecular weight excluding hydrogens is 444 g/mol. The van der Waals surface area contributed by atoms with E-state index < -0.39 is 0 Å². The molecule has 0 fully saturated rings. The number of benzene rings is 2. The van der Waals surface area contributed by atoms with Gasteiger partial charge in [0.25, 0.3) is 4.84 Å². The Bertz CT molecular complexity index is 1570. The van der Waals surface area contributed by atoms with Crippen LogP contribution in [0.4, 0.5) is 0 Å². The maximum absolute atomic E-state index is 9.13. The third kappa shape index (κ3) is 4.48. The van der Waals surface area contributed by atoms with Crippen LogP contribution in [-0.4, -0.2) is 31.7 Å². The fraction of sp³-hybridized carbons (Fsp3) is 0.115. The molecule has 34 heavy (non-hydrogen) atoms. The molecule has 0 N–H and O–H groups in total. The van der Waals surface area contributed by atoms with Crippen LogP contribution in [0.2, 0.25) is 0 Å². The molecule has 0 aliphatic heterocycles. The van der Waals surface area contributed by atoms with Crippen molar-refractivity contribution in [2.24, 2.45) is 0 Å². The van der Waals surface area contributed by atoms with Gasteiger partial charge in [-0.25, -0.2) is 9.67 Å². The summed E-state index contributed by atoms with van der Waals surface area (Å²) in [6.45, 7) is 1.08. The van der Waals surface area contributed by atoms with Crippen molar-refractivity contribution in [2.75, 3.05) is 7.05 Å². The Balaban J connectivity index is 1.48. The quantitative estimate of drug-likeness (QED) is 0.309. The summed E-state index contributed by atoms with van der Waals surface area (Å²) in [7, 11) is 1.97. The highest BCUT2D eigenvalue weighted by Gasteiger charge is 2.16. The number of pyridine rings is 2. The van der Waals surface area contributed by atoms with Crippen LogP contribution < -0.4 is 0 Å². The average molecular weight is 465 g/mol. The lowest BCUT2D eigenvalue weighted by molar-refractivity contribution is 0.240. The Hall–Kier alpha value is -4.19. The number of rotatable bonds is 6. The van der Waals surface area contributed by atoms with Crippen LogP contribution in [0.3, 0.4) is 0 Å². The van der Waals surface area contributed by atoms with Crippen LogP contribution in [-0.2, 0) is 13.2 Å². The van der Waals surface area contributed by atoms with Gasteiger partial charge >= 0.3 is 0 Å². The van der Waals surface area contributed by atoms with E-state index in [1.54, 1.807) is 16.9 Å². The first kappa shape index (κ1) is 21.6. The summed E-state index contributed by atoms with van der Waals surface area (Å²) in [5.41, 5.74) is 4.81. The molecule has 166 valence electrons. The minimum absolute atomic E-state index is 0.285. The lowest BCUT2D eigenvalue weighted by atomic mass is 10.1. The van der Waals surface area contributed by atoms with Crippen molar-refractivity contribution in [2.45, 2.75) is 13.2 Å². The van der Waals surface area contributed by atoms with E-state index in [4.69, 9.17) is 26.9 Å². The molecule has 0 aliphatic rings. The SMILES string of the molecule is CN(Cc1cccc(C#N)c1)Cn1nc(-c2cc(-c3ccccn3)nc3ccccc23)oc1=S. The normalized spacial score (nSPS) is 11.1. The highest BCUT2D eigenvalue weighted by Crippen LogP contribution is 2.30. The van der Waals surface area contributed by atoms with E-state index in [1.165, 1.54) is 0 Å². The molecule has 0 amide bonds. The van der Waals surface area contributed by atoms with Crippen molar-refractivity contribution < 1.29 is 4.42 Å². The predicted octanol–water partition coefficient (Wildman–Crippen LogP) is 5.44. The second-order valence-electron chi connectivity index (χ2n) is 7.93. The Labute approximate surface area is 201 Å². The molecule has 2 aromatic carbocycles. The summed E-state index contributed by atoms with van der Waals surface area (Å²) in [5, 5.41) is 14.7. The number of hydrogen-bond acceptors (Lipinski definition) is 7. The van der Waals surface area contributed by atoms with Crippen molar-refractivity contribution in [3.8, 4) is 28.9 Å². The van der Waals surface area contributed by atoms with Gasteiger partial charge in [0.1, 0.15) is 0 Å². The van der Waals surface area contributed by atoms with Gasteiger partial charge in [0.15, 0.2) is 0 Å². The molecule has 8 heteroatoms. The van der Waals surface area contributed by atoms with E-state index in [0.29, 0.717) is 24.7 Å². The standard InChI is InChI=1S/C26H20N6OS/c1-31(16-19-8-6-7-18(13-19)15-27)17-32-26(34)33-25(30-32)21-14-24(23-11-4-5-12-28-23)29-22-10-3-2-9-20(21)22/h2-14H,16-17H2,1H3. The third-order valence-corrected chi connectivity index (χ3v) is 5.66. The van der Waals surface area contributed by atoms with E-state index in [0.717, 1.165) is 33.4 Å². The van der Waals surface area contributed by atoms with E-state index in [2.05, 4.69) is 21.1 Å². The van der Waals surface area contributed by atoms with Crippen molar-refractivity contribution >= 4 is 23.1 Å². The van der Waals surface area contributed by atoms with Gasteiger partial charge in [0.2, 0.25) is 5.89 Å². The average Bonchev–Trinajstić information content (AvgIpc) is 3.23. The van der Waals surface area contributed by atoms with Crippen LogP contribution in [0, 0.1) is 16.2 Å². The van der Waals surface area contributed by atoms with E-state index >= 15 is 0 Å². The van der Waals surface area contributed by atoms with Gasteiger partial charge in [-0.2, -0.15) is 5.26 Å². The first-order chi connectivity index (χ1) is 16.6. The number of para-hydroxylation sites is 1. The molecule has 0 saturated heterocycles. The summed E-state index contributed by atoms with van der Waals surface area (Å²) < 4.78 is 7.60. The van der Waals surface area contributed by atoms with Gasteiger partial charge in [-0.15, -0.1) is 5.10 Å². The second-order valence-corrected chi connectivity index (χ2v) is 8.28. The number of aromatic nitrogens is 4. The third-order valence-electron chi connectivity index (χ3n) is 5.36. The van der Waals surface area contributed by atoms with Crippen LogP contribution in [0.1, 0.15) is 11.1 Å². The summed E-state index contributed by atoms with van der Waals surface area (Å²) in [5.74, 6) is 0.431. The molecule has 5 aromatic rings. The maximum Gasteiger partial charge on any atom is 0.288 e. The van der Waals surface area contributed by atoms with E-state index in [-0.39, 0.29) is 4.84 Å². The molecule has 0 saturated carbocycles. The highest BCUT2D eigenvalue weighted by molar-refractivity contribution is 7.71. The zero-order chi connectivity index (χ0) is 23.5. The van der Waals surface area contributed by atoms with Crippen molar-refractivity contribution in [3.05, 3.63) is 95.0 Å². The molecule has 0 spiro atoms. The molecule has 3 heterocycles. The molecule has 0 bridgehead atoms. The molecule has 0 atom stereocenters. The molecule has 5 rings (SSSR count). The lowest BCUT2D eigenvalue weighted by Crippen LogP contribution is -2.22. The molecule has 3 aromatic heterocycles. The predicted molar refractivity (Wildman–Crippen MR) is 132 cm³/mol. The van der Waals surface area contributed by atoms with Crippen LogP contribution in [0.5, 0.6) is 0 Å². The topological polar surface area (TPSA) is 83.8 Å². The zero-order valence-corrected chi connectivity index (χ0v) is 19.2. The molecule has 0 aliphatic carbocycles. The fourth-order valence-corrected chi connectivity index (χ4v) is 4.01. The summed E-state index contributed by atoms with van der Waals surface area (Å²) in [6, 6.07) is 25.3. The fourth-order valence-electron chi connectivity index (χ4n) is 3.83. The first-order valence-electron chi connectivity index (χ1n) is 10.7. The van der Waals surface area contributed by atoms with Gasteiger partial charge < -0.3 is 4.42 Å². The number of nitrogens with zero attached hydrogens (tertiary/aromatic N) is 6. The molecule has 7 nitrogen and oxygen atoms in total. The second kappa shape index (κ2) is 9.35. The monoisotopic (exact) mass is 464 g/mol. The lowest BCUT2D eigenvalue weighted by Gasteiger charge is -2.16. The Morgan fingerprint density at radius 3 is 2.71 bits per heavy atom. The van der Waals surface area contributed by atoms with E-state index in [1.807, 2.05) is 73.8 Å². The Kier molecular flexibility index (Phi) is 5.95. The number of fused-ring (bicyclic) bond motifs is 1. The van der Waals surface area contributed by atoms with Crippen LogP contribution >= 0.6 is 12.2 Å². The molecule has 0 unspecified atom stereocenters. The minimum Gasteiger partial charge on any atom is -0.409 e. The number of hydrogen-bond donors (Lipinski definition) is 0.